The van der Waals surface area contributed by atoms with Gasteiger partial charge in [0.2, 0.25) is 0 Å². The molecular weight excluding hydrogens is 262 g/mol. The summed E-state index contributed by atoms with van der Waals surface area (Å²) in [4.78, 5) is 11.2. The van der Waals surface area contributed by atoms with Crippen LogP contribution in [0.15, 0.2) is 12.1 Å². The Kier molecular flexibility index (Phi) is 5.75. The lowest BCUT2D eigenvalue weighted by Crippen LogP contribution is -2.08. The second-order valence-corrected chi connectivity index (χ2v) is 3.27. The van der Waals surface area contributed by atoms with Crippen LogP contribution in [0.3, 0.4) is 0 Å². The summed E-state index contributed by atoms with van der Waals surface area (Å²) in [5, 5.41) is 0.384. The van der Waals surface area contributed by atoms with Crippen molar-refractivity contribution in [2.45, 2.75) is 0 Å². The Bertz CT molecular complexity index is 348. The van der Waals surface area contributed by atoms with Crippen molar-refractivity contribution in [3.8, 4) is 0 Å². The number of carbonyl (C=O) groups excluding carboxylic acids is 1. The van der Waals surface area contributed by atoms with Gasteiger partial charge >= 0.3 is 5.97 Å². The first-order valence-electron chi connectivity index (χ1n) is 3.64. The molecule has 0 bridgehead atoms. The van der Waals surface area contributed by atoms with Crippen LogP contribution in [0.5, 0.6) is 0 Å². The van der Waals surface area contributed by atoms with Crippen molar-refractivity contribution < 1.29 is 9.53 Å². The van der Waals surface area contributed by atoms with Gasteiger partial charge in [-0.15, -0.1) is 12.4 Å². The summed E-state index contributed by atoms with van der Waals surface area (Å²) >= 11 is 11.6. The molecule has 0 fully saturated rings. The summed E-state index contributed by atoms with van der Waals surface area (Å²) < 4.78 is 4.51. The third-order valence-corrected chi connectivity index (χ3v) is 2.19. The van der Waals surface area contributed by atoms with Crippen molar-refractivity contribution >= 4 is 47.3 Å². The fraction of sp³-hybridized carbons (Fsp3) is 0.125. The molecule has 0 saturated heterocycles. The normalized spacial score (nSPS) is 9.07. The second kappa shape index (κ2) is 6.02. The van der Waals surface area contributed by atoms with E-state index in [2.05, 4.69) is 10.2 Å². The molecule has 0 aromatic heterocycles. The highest BCUT2D eigenvalue weighted by Crippen LogP contribution is 2.29. The van der Waals surface area contributed by atoms with Crippen LogP contribution in [0.2, 0.25) is 10.0 Å². The predicted octanol–water partition coefficient (Wildman–Crippen LogP) is 2.49. The van der Waals surface area contributed by atoms with E-state index in [0.29, 0.717) is 5.69 Å². The van der Waals surface area contributed by atoms with E-state index in [1.54, 1.807) is 0 Å². The minimum atomic E-state index is -0.580. The van der Waals surface area contributed by atoms with Crippen LogP contribution < -0.4 is 11.3 Å². The molecule has 0 atom stereocenters. The Balaban J connectivity index is 0.00000196. The van der Waals surface area contributed by atoms with Crippen molar-refractivity contribution in [3.63, 3.8) is 0 Å². The highest BCUT2D eigenvalue weighted by atomic mass is 35.5. The number of esters is 1. The van der Waals surface area contributed by atoms with E-state index in [-0.39, 0.29) is 28.0 Å². The number of benzene rings is 1. The monoisotopic (exact) mass is 270 g/mol. The summed E-state index contributed by atoms with van der Waals surface area (Å²) in [5.74, 6) is 4.58. The van der Waals surface area contributed by atoms with E-state index in [9.17, 15) is 4.79 Å². The first kappa shape index (κ1) is 14.3. The minimum Gasteiger partial charge on any atom is -0.465 e. The maximum atomic E-state index is 11.2. The number of hydrogen-bond acceptors (Lipinski definition) is 4. The Hall–Kier alpha value is -0.680. The Labute approximate surface area is 103 Å². The van der Waals surface area contributed by atoms with Crippen LogP contribution in [0.4, 0.5) is 5.69 Å². The number of nitrogen functional groups attached to an aromatic ring is 1. The number of carbonyl (C=O) groups is 1. The molecule has 1 aromatic rings. The van der Waals surface area contributed by atoms with Gasteiger partial charge in [-0.25, -0.2) is 4.79 Å². The third-order valence-electron chi connectivity index (χ3n) is 1.60. The molecule has 0 spiro atoms. The van der Waals surface area contributed by atoms with E-state index in [4.69, 9.17) is 29.0 Å². The molecule has 0 amide bonds. The summed E-state index contributed by atoms with van der Waals surface area (Å²) in [7, 11) is 1.25. The summed E-state index contributed by atoms with van der Waals surface area (Å²) in [5.41, 5.74) is 3.03. The van der Waals surface area contributed by atoms with Crippen molar-refractivity contribution in [2.75, 3.05) is 12.5 Å². The van der Waals surface area contributed by atoms with E-state index in [1.165, 1.54) is 19.2 Å². The van der Waals surface area contributed by atoms with Gasteiger partial charge in [0.15, 0.2) is 0 Å². The Morgan fingerprint density at radius 3 is 2.20 bits per heavy atom. The van der Waals surface area contributed by atoms with E-state index in [1.807, 2.05) is 0 Å². The van der Waals surface area contributed by atoms with Gasteiger partial charge in [-0.2, -0.15) is 0 Å². The molecule has 0 aliphatic rings. The molecule has 3 N–H and O–H groups in total. The van der Waals surface area contributed by atoms with E-state index in [0.717, 1.165) is 0 Å². The average Bonchev–Trinajstić information content (AvgIpc) is 2.16. The lowest BCUT2D eigenvalue weighted by atomic mass is 10.2. The Morgan fingerprint density at radius 1 is 1.40 bits per heavy atom. The number of halogens is 3. The molecule has 4 nitrogen and oxygen atoms in total. The van der Waals surface area contributed by atoms with Gasteiger partial charge in [-0.05, 0) is 12.1 Å². The van der Waals surface area contributed by atoms with Gasteiger partial charge in [-0.3, -0.25) is 5.84 Å². The van der Waals surface area contributed by atoms with Crippen LogP contribution in [-0.2, 0) is 4.74 Å². The zero-order valence-corrected chi connectivity index (χ0v) is 10.0. The standard InChI is InChI=1S/C8H8Cl2N2O2.ClH/c1-14-8(13)7-5(9)2-4(12-11)3-6(7)10;/h2-3,12H,11H2,1H3;1H. The quantitative estimate of drug-likeness (QED) is 0.493. The highest BCUT2D eigenvalue weighted by Gasteiger charge is 2.16. The SMILES string of the molecule is COC(=O)c1c(Cl)cc(NN)cc1Cl.Cl. The van der Waals surface area contributed by atoms with E-state index >= 15 is 0 Å². The van der Waals surface area contributed by atoms with Gasteiger partial charge in [0.25, 0.3) is 0 Å². The molecular formula is C8H9Cl3N2O2. The van der Waals surface area contributed by atoms with Gasteiger partial charge in [0, 0.05) is 0 Å². The second-order valence-electron chi connectivity index (χ2n) is 2.45. The lowest BCUT2D eigenvalue weighted by Gasteiger charge is -2.07. The van der Waals surface area contributed by atoms with Gasteiger partial charge < -0.3 is 10.2 Å². The molecule has 0 unspecified atom stereocenters. The zero-order chi connectivity index (χ0) is 10.7. The maximum Gasteiger partial charge on any atom is 0.340 e. The van der Waals surface area contributed by atoms with E-state index < -0.39 is 5.97 Å². The highest BCUT2D eigenvalue weighted by molar-refractivity contribution is 6.39. The first-order valence-corrected chi connectivity index (χ1v) is 4.39. The molecule has 15 heavy (non-hydrogen) atoms. The fourth-order valence-electron chi connectivity index (χ4n) is 0.954. The predicted molar refractivity (Wildman–Crippen MR) is 62.9 cm³/mol. The number of ether oxygens (including phenoxy) is 1. The van der Waals surface area contributed by atoms with Gasteiger partial charge in [-0.1, -0.05) is 23.2 Å². The van der Waals surface area contributed by atoms with Crippen molar-refractivity contribution in [3.05, 3.63) is 27.7 Å². The Morgan fingerprint density at radius 2 is 1.87 bits per heavy atom. The number of hydrazine groups is 1. The number of methoxy groups -OCH3 is 1. The molecule has 84 valence electrons. The summed E-state index contributed by atoms with van der Waals surface area (Å²) in [6.07, 6.45) is 0. The molecule has 7 heteroatoms. The number of hydrogen-bond donors (Lipinski definition) is 2. The molecule has 1 rings (SSSR count). The van der Waals surface area contributed by atoms with Gasteiger partial charge in [0.05, 0.1) is 28.4 Å². The first-order chi connectivity index (χ1) is 6.60. The average molecular weight is 272 g/mol. The zero-order valence-electron chi connectivity index (χ0n) is 7.71. The number of nitrogens with two attached hydrogens (primary N) is 1. The van der Waals surface area contributed by atoms with Crippen LogP contribution in [-0.4, -0.2) is 13.1 Å². The number of anilines is 1. The lowest BCUT2D eigenvalue weighted by molar-refractivity contribution is 0.0601. The third kappa shape index (κ3) is 3.14. The molecule has 0 saturated carbocycles. The van der Waals surface area contributed by atoms with Crippen LogP contribution in [0.1, 0.15) is 10.4 Å². The molecule has 0 radical (unpaired) electrons. The van der Waals surface area contributed by atoms with Crippen molar-refractivity contribution in [1.29, 1.82) is 0 Å². The molecule has 0 aliphatic heterocycles. The largest absolute Gasteiger partial charge is 0.465 e. The number of rotatable bonds is 2. The summed E-state index contributed by atoms with van der Waals surface area (Å²) in [6, 6.07) is 2.97. The van der Waals surface area contributed by atoms with Crippen molar-refractivity contribution in [1.82, 2.24) is 0 Å². The molecule has 0 aliphatic carbocycles. The van der Waals surface area contributed by atoms with Crippen LogP contribution >= 0.6 is 35.6 Å². The minimum absolute atomic E-state index is 0. The fourth-order valence-corrected chi connectivity index (χ4v) is 1.59. The smallest absolute Gasteiger partial charge is 0.340 e. The van der Waals surface area contributed by atoms with Crippen LogP contribution in [0.25, 0.3) is 0 Å². The topological polar surface area (TPSA) is 64.3 Å². The maximum absolute atomic E-state index is 11.2. The van der Waals surface area contributed by atoms with Crippen molar-refractivity contribution in [2.24, 2.45) is 5.84 Å². The van der Waals surface area contributed by atoms with Gasteiger partial charge in [0.1, 0.15) is 0 Å². The summed E-state index contributed by atoms with van der Waals surface area (Å²) in [6.45, 7) is 0. The molecule has 0 heterocycles. The number of nitrogens with one attached hydrogen (secondary N) is 1. The van der Waals surface area contributed by atoms with Crippen LogP contribution in [0, 0.1) is 0 Å². The molecule has 1 aromatic carbocycles.